The van der Waals surface area contributed by atoms with Crippen LogP contribution < -0.4 is 0 Å². The second kappa shape index (κ2) is 4.30. The fourth-order valence-electron chi connectivity index (χ4n) is 2.73. The second-order valence-corrected chi connectivity index (χ2v) is 5.96. The first kappa shape index (κ1) is 13.1. The molecule has 1 fully saturated rings. The molecule has 1 saturated heterocycles. The fourth-order valence-corrected chi connectivity index (χ4v) is 3.30. The predicted octanol–water partition coefficient (Wildman–Crippen LogP) is 4.02. The minimum atomic E-state index is -0.446. The highest BCUT2D eigenvalue weighted by Gasteiger charge is 2.40. The molecule has 6 heteroatoms. The summed E-state index contributed by atoms with van der Waals surface area (Å²) in [4.78, 5) is 3.04. The Kier molecular flexibility index (Phi) is 2.96. The van der Waals surface area contributed by atoms with E-state index in [4.69, 9.17) is 28.6 Å². The van der Waals surface area contributed by atoms with E-state index in [-0.39, 0.29) is 16.7 Å². The normalized spacial score (nSPS) is 27.3. The molecule has 2 atom stereocenters. The first-order valence-electron chi connectivity index (χ1n) is 6.15. The summed E-state index contributed by atoms with van der Waals surface area (Å²) in [5, 5.41) is 0.102. The molecule has 2 heterocycles. The summed E-state index contributed by atoms with van der Waals surface area (Å²) in [5.74, 6) is -0.446. The maximum Gasteiger partial charge on any atom is 0.178 e. The number of nitrogens with one attached hydrogen (secondary N) is 1. The summed E-state index contributed by atoms with van der Waals surface area (Å²) >= 11 is 11.3. The van der Waals surface area contributed by atoms with Gasteiger partial charge in [-0.3, -0.25) is 0 Å². The van der Waals surface area contributed by atoms with Gasteiger partial charge in [-0.2, -0.15) is 0 Å². The zero-order valence-electron chi connectivity index (χ0n) is 10.7. The SMILES string of the molecule is CC1OCCC1(C)n1c(=S)[nH]c2cc(F)c(Cl)cc21. The average molecular weight is 301 g/mol. The molecule has 1 aliphatic rings. The van der Waals surface area contributed by atoms with E-state index in [1.165, 1.54) is 6.07 Å². The molecular weight excluding hydrogens is 287 g/mol. The Labute approximate surface area is 120 Å². The lowest BCUT2D eigenvalue weighted by molar-refractivity contribution is 0.0770. The zero-order valence-corrected chi connectivity index (χ0v) is 12.2. The van der Waals surface area contributed by atoms with E-state index in [2.05, 4.69) is 11.9 Å². The number of rotatable bonds is 1. The van der Waals surface area contributed by atoms with Gasteiger partial charge in [-0.25, -0.2) is 4.39 Å². The van der Waals surface area contributed by atoms with E-state index >= 15 is 0 Å². The van der Waals surface area contributed by atoms with Gasteiger partial charge in [-0.15, -0.1) is 0 Å². The Balaban J connectivity index is 2.32. The number of hydrogen-bond acceptors (Lipinski definition) is 2. The number of ether oxygens (including phenoxy) is 1. The molecule has 0 amide bonds. The molecule has 1 aromatic carbocycles. The number of halogens is 2. The maximum atomic E-state index is 13.5. The van der Waals surface area contributed by atoms with Gasteiger partial charge in [-0.05, 0) is 38.6 Å². The molecule has 3 nitrogen and oxygen atoms in total. The summed E-state index contributed by atoms with van der Waals surface area (Å²) in [6.45, 7) is 4.82. The number of fused-ring (bicyclic) bond motifs is 1. The maximum absolute atomic E-state index is 13.5. The number of hydrogen-bond donors (Lipinski definition) is 1. The van der Waals surface area contributed by atoms with E-state index < -0.39 is 5.82 Å². The van der Waals surface area contributed by atoms with Crippen LogP contribution in [0, 0.1) is 10.6 Å². The van der Waals surface area contributed by atoms with Gasteiger partial charge in [0.1, 0.15) is 5.82 Å². The largest absolute Gasteiger partial charge is 0.376 e. The van der Waals surface area contributed by atoms with Crippen LogP contribution in [-0.4, -0.2) is 22.3 Å². The van der Waals surface area contributed by atoms with Crippen molar-refractivity contribution in [3.8, 4) is 0 Å². The summed E-state index contributed by atoms with van der Waals surface area (Å²) in [6, 6.07) is 3.00. The van der Waals surface area contributed by atoms with Crippen LogP contribution in [0.1, 0.15) is 20.3 Å². The van der Waals surface area contributed by atoms with Gasteiger partial charge < -0.3 is 14.3 Å². The molecule has 0 saturated carbocycles. The number of imidazole rings is 1. The van der Waals surface area contributed by atoms with Gasteiger partial charge in [-0.1, -0.05) is 11.6 Å². The third-order valence-corrected chi connectivity index (χ3v) is 4.66. The average Bonchev–Trinajstić information content (AvgIpc) is 2.81. The Morgan fingerprint density at radius 2 is 2.32 bits per heavy atom. The van der Waals surface area contributed by atoms with E-state index in [1.54, 1.807) is 6.07 Å². The molecule has 0 radical (unpaired) electrons. The summed E-state index contributed by atoms with van der Waals surface area (Å²) < 4.78 is 21.7. The highest BCUT2D eigenvalue weighted by molar-refractivity contribution is 7.71. The first-order valence-corrected chi connectivity index (χ1v) is 6.94. The Bertz CT molecular complexity index is 710. The molecule has 19 heavy (non-hydrogen) atoms. The van der Waals surface area contributed by atoms with Crippen molar-refractivity contribution in [2.45, 2.75) is 31.9 Å². The number of benzene rings is 1. The summed E-state index contributed by atoms with van der Waals surface area (Å²) in [6.07, 6.45) is 0.909. The molecule has 2 aromatic rings. The van der Waals surface area contributed by atoms with Gasteiger partial charge in [0.25, 0.3) is 0 Å². The molecule has 1 aliphatic heterocycles. The van der Waals surface area contributed by atoms with Crippen molar-refractivity contribution in [1.29, 1.82) is 0 Å². The van der Waals surface area contributed by atoms with Crippen molar-refractivity contribution in [1.82, 2.24) is 9.55 Å². The van der Waals surface area contributed by atoms with Crippen LogP contribution in [0.25, 0.3) is 11.0 Å². The lowest BCUT2D eigenvalue weighted by Crippen LogP contribution is -2.36. The third-order valence-electron chi connectivity index (χ3n) is 4.09. The van der Waals surface area contributed by atoms with Crippen LogP contribution in [0.4, 0.5) is 4.39 Å². The van der Waals surface area contributed by atoms with Gasteiger partial charge in [0.05, 0.1) is 27.7 Å². The van der Waals surface area contributed by atoms with Crippen LogP contribution in [0.2, 0.25) is 5.02 Å². The number of H-pyrrole nitrogens is 1. The zero-order chi connectivity index (χ0) is 13.8. The molecule has 1 aromatic heterocycles. The standard InChI is InChI=1S/C13H14ClFN2OS/c1-7-13(2,3-4-18-7)17-11-5-8(14)9(15)6-10(11)16-12(17)19/h5-7H,3-4H2,1-2H3,(H,16,19). The van der Waals surface area contributed by atoms with Crippen molar-refractivity contribution in [3.63, 3.8) is 0 Å². The molecule has 0 spiro atoms. The molecule has 1 N–H and O–H groups in total. The van der Waals surface area contributed by atoms with Crippen LogP contribution in [0.3, 0.4) is 0 Å². The van der Waals surface area contributed by atoms with E-state index in [0.717, 1.165) is 11.9 Å². The molecule has 102 valence electrons. The lowest BCUT2D eigenvalue weighted by atomic mass is 9.94. The van der Waals surface area contributed by atoms with Gasteiger partial charge in [0.15, 0.2) is 4.77 Å². The smallest absolute Gasteiger partial charge is 0.178 e. The molecular formula is C13H14ClFN2OS. The highest BCUT2D eigenvalue weighted by atomic mass is 35.5. The van der Waals surface area contributed by atoms with Crippen molar-refractivity contribution < 1.29 is 9.13 Å². The molecule has 2 unspecified atom stereocenters. The van der Waals surface area contributed by atoms with E-state index in [0.29, 0.717) is 16.9 Å². The van der Waals surface area contributed by atoms with Crippen molar-refractivity contribution in [2.24, 2.45) is 0 Å². The van der Waals surface area contributed by atoms with Gasteiger partial charge in [0.2, 0.25) is 0 Å². The Hall–Kier alpha value is -0.910. The summed E-state index contributed by atoms with van der Waals surface area (Å²) in [7, 11) is 0. The number of aromatic nitrogens is 2. The molecule has 0 aliphatic carbocycles. The Morgan fingerprint density at radius 1 is 1.58 bits per heavy atom. The van der Waals surface area contributed by atoms with Crippen molar-refractivity contribution >= 4 is 34.9 Å². The highest BCUT2D eigenvalue weighted by Crippen LogP contribution is 2.36. The van der Waals surface area contributed by atoms with E-state index in [9.17, 15) is 4.39 Å². The van der Waals surface area contributed by atoms with Crippen molar-refractivity contribution in [2.75, 3.05) is 6.61 Å². The topological polar surface area (TPSA) is 29.9 Å². The molecule has 3 rings (SSSR count). The third kappa shape index (κ3) is 1.83. The van der Waals surface area contributed by atoms with E-state index in [1.807, 2.05) is 11.5 Å². The minimum absolute atomic E-state index is 0.0435. The predicted molar refractivity (Wildman–Crippen MR) is 75.8 cm³/mol. The van der Waals surface area contributed by atoms with Gasteiger partial charge >= 0.3 is 0 Å². The van der Waals surface area contributed by atoms with Gasteiger partial charge in [0, 0.05) is 12.7 Å². The first-order chi connectivity index (χ1) is 8.93. The Morgan fingerprint density at radius 3 is 2.95 bits per heavy atom. The van der Waals surface area contributed by atoms with Crippen molar-refractivity contribution in [3.05, 3.63) is 27.7 Å². The van der Waals surface area contributed by atoms with Crippen LogP contribution in [0.15, 0.2) is 12.1 Å². The fraction of sp³-hybridized carbons (Fsp3) is 0.462. The quantitative estimate of drug-likeness (QED) is 0.806. The molecule has 0 bridgehead atoms. The number of nitrogens with zero attached hydrogens (tertiary/aromatic N) is 1. The van der Waals surface area contributed by atoms with Crippen LogP contribution in [-0.2, 0) is 10.3 Å². The van der Waals surface area contributed by atoms with Crippen LogP contribution in [0.5, 0.6) is 0 Å². The summed E-state index contributed by atoms with van der Waals surface area (Å²) in [5.41, 5.74) is 1.24. The second-order valence-electron chi connectivity index (χ2n) is 5.17. The lowest BCUT2D eigenvalue weighted by Gasteiger charge is -2.30. The monoisotopic (exact) mass is 300 g/mol. The van der Waals surface area contributed by atoms with Crippen LogP contribution >= 0.6 is 23.8 Å². The number of aromatic amines is 1. The minimum Gasteiger partial charge on any atom is -0.376 e.